The van der Waals surface area contributed by atoms with E-state index in [2.05, 4.69) is 6.58 Å². The largest absolute Gasteiger partial charge is 0.502 e. The summed E-state index contributed by atoms with van der Waals surface area (Å²) < 4.78 is 10.8. The molecule has 6 heteroatoms. The van der Waals surface area contributed by atoms with E-state index in [0.717, 1.165) is 0 Å². The number of Topliss-reactive ketones (excluding diaryl/α,β-unsaturated/α-hetero) is 1. The number of hydrogen-bond acceptors (Lipinski definition) is 5. The first-order valence-electron chi connectivity index (χ1n) is 7.64. The van der Waals surface area contributed by atoms with Crippen LogP contribution in [0, 0.1) is 0 Å². The minimum Gasteiger partial charge on any atom is -0.502 e. The molecule has 2 aromatic rings. The van der Waals surface area contributed by atoms with Crippen molar-refractivity contribution in [3.05, 3.63) is 57.2 Å². The lowest BCUT2D eigenvalue weighted by atomic mass is 9.84. The van der Waals surface area contributed by atoms with Crippen molar-refractivity contribution in [3.63, 3.8) is 0 Å². The van der Waals surface area contributed by atoms with Crippen LogP contribution < -0.4 is 9.47 Å². The van der Waals surface area contributed by atoms with Gasteiger partial charge in [-0.2, -0.15) is 0 Å². The van der Waals surface area contributed by atoms with Gasteiger partial charge in [0.2, 0.25) is 11.5 Å². The Kier molecular flexibility index (Phi) is 4.86. The molecule has 3 rings (SSSR count). The molecular formula is C20H15IO5. The van der Waals surface area contributed by atoms with Gasteiger partial charge in [0.15, 0.2) is 17.3 Å². The van der Waals surface area contributed by atoms with E-state index < -0.39 is 0 Å². The molecule has 2 aromatic carbocycles. The van der Waals surface area contributed by atoms with Crippen LogP contribution in [0.3, 0.4) is 0 Å². The highest BCUT2D eigenvalue weighted by atomic mass is 127. The van der Waals surface area contributed by atoms with Crippen LogP contribution >= 0.6 is 22.6 Å². The zero-order valence-electron chi connectivity index (χ0n) is 14.1. The predicted octanol–water partition coefficient (Wildman–Crippen LogP) is 4.42. The molecule has 0 fully saturated rings. The van der Waals surface area contributed by atoms with Gasteiger partial charge in [-0.05, 0) is 51.9 Å². The number of ketones is 2. The number of benzene rings is 2. The molecule has 26 heavy (non-hydrogen) atoms. The van der Waals surface area contributed by atoms with E-state index in [4.69, 9.17) is 9.47 Å². The predicted molar refractivity (Wildman–Crippen MR) is 108 cm³/mol. The molecule has 1 N–H and O–H groups in total. The van der Waals surface area contributed by atoms with Gasteiger partial charge in [-0.15, -0.1) is 0 Å². The number of allylic oxidation sites excluding steroid dienone is 2. The molecular weight excluding hydrogens is 447 g/mol. The second-order valence-corrected chi connectivity index (χ2v) is 6.73. The Morgan fingerprint density at radius 3 is 2.23 bits per heavy atom. The molecule has 1 aliphatic rings. The average molecular weight is 462 g/mol. The van der Waals surface area contributed by atoms with E-state index in [9.17, 15) is 14.7 Å². The van der Waals surface area contributed by atoms with Crippen molar-refractivity contribution in [1.82, 2.24) is 0 Å². The highest BCUT2D eigenvalue weighted by molar-refractivity contribution is 14.1. The Balaban J connectivity index is 2.40. The number of carbonyl (C=O) groups excluding carboxylic acids is 2. The second kappa shape index (κ2) is 6.95. The smallest absolute Gasteiger partial charge is 0.200 e. The summed E-state index contributed by atoms with van der Waals surface area (Å²) >= 11 is 1.86. The summed E-state index contributed by atoms with van der Waals surface area (Å²) in [5, 5.41) is 10.2. The monoisotopic (exact) mass is 462 g/mol. The maximum atomic E-state index is 12.8. The van der Waals surface area contributed by atoms with E-state index >= 15 is 0 Å². The fourth-order valence-electron chi connectivity index (χ4n) is 2.96. The first kappa shape index (κ1) is 18.2. The van der Waals surface area contributed by atoms with E-state index in [1.54, 1.807) is 30.3 Å². The number of methoxy groups -OCH3 is 2. The molecule has 0 spiro atoms. The van der Waals surface area contributed by atoms with Crippen LogP contribution in [0.25, 0.3) is 17.2 Å². The van der Waals surface area contributed by atoms with Crippen LogP contribution in [0.15, 0.2) is 40.5 Å². The Bertz CT molecular complexity index is 963. The zero-order valence-corrected chi connectivity index (χ0v) is 16.3. The van der Waals surface area contributed by atoms with E-state index in [0.29, 0.717) is 31.4 Å². The molecule has 0 aromatic heterocycles. The third-order valence-electron chi connectivity index (χ3n) is 4.19. The summed E-state index contributed by atoms with van der Waals surface area (Å²) in [4.78, 5) is 25.2. The molecule has 132 valence electrons. The number of hydrogen-bond donors (Lipinski definition) is 1. The summed E-state index contributed by atoms with van der Waals surface area (Å²) in [6, 6.07) is 6.57. The maximum absolute atomic E-state index is 12.8. The molecule has 0 saturated carbocycles. The first-order chi connectivity index (χ1) is 12.4. The minimum absolute atomic E-state index is 0.138. The highest BCUT2D eigenvalue weighted by Gasteiger charge is 2.29. The van der Waals surface area contributed by atoms with Crippen molar-refractivity contribution in [2.24, 2.45) is 0 Å². The molecule has 5 nitrogen and oxygen atoms in total. The molecule has 1 aliphatic carbocycles. The van der Waals surface area contributed by atoms with Crippen LogP contribution in [-0.2, 0) is 0 Å². The first-order valence-corrected chi connectivity index (χ1v) is 8.71. The number of rotatable bonds is 4. The van der Waals surface area contributed by atoms with Gasteiger partial charge in [-0.25, -0.2) is 0 Å². The number of halogens is 1. The third kappa shape index (κ3) is 2.80. The van der Waals surface area contributed by atoms with Crippen molar-refractivity contribution < 1.29 is 24.2 Å². The number of phenols is 1. The van der Waals surface area contributed by atoms with Crippen molar-refractivity contribution in [1.29, 1.82) is 0 Å². The lowest BCUT2D eigenvalue weighted by Crippen LogP contribution is -2.16. The molecule has 0 bridgehead atoms. The molecule has 0 aliphatic heterocycles. The minimum atomic E-state index is -0.232. The van der Waals surface area contributed by atoms with Crippen molar-refractivity contribution in [3.8, 4) is 28.4 Å². The zero-order chi connectivity index (χ0) is 19.0. The van der Waals surface area contributed by atoms with Crippen LogP contribution in [-0.4, -0.2) is 30.9 Å². The summed E-state index contributed by atoms with van der Waals surface area (Å²) in [5.74, 6) is -0.192. The number of phenolic OH excluding ortho intramolecular Hbond substituents is 1. The number of aromatic hydroxyl groups is 1. The molecule has 0 amide bonds. The fourth-order valence-corrected chi connectivity index (χ4v) is 3.51. The second-order valence-electron chi connectivity index (χ2n) is 5.57. The molecule has 0 heterocycles. The van der Waals surface area contributed by atoms with Gasteiger partial charge in [0.25, 0.3) is 0 Å². The average Bonchev–Trinajstić information content (AvgIpc) is 2.65. The van der Waals surface area contributed by atoms with Gasteiger partial charge in [0, 0.05) is 22.8 Å². The van der Waals surface area contributed by atoms with Crippen molar-refractivity contribution >= 4 is 40.2 Å². The van der Waals surface area contributed by atoms with Gasteiger partial charge in [-0.1, -0.05) is 18.7 Å². The SMILES string of the molecule is C=Cc1ccc2c(c1-c1cc(OC)c(O)c(OC)c1)C(=O)C(I)=CC2=O. The Morgan fingerprint density at radius 1 is 1.08 bits per heavy atom. The van der Waals surface area contributed by atoms with Gasteiger partial charge >= 0.3 is 0 Å². The summed E-state index contributed by atoms with van der Waals surface area (Å²) in [5.41, 5.74) is 2.46. The van der Waals surface area contributed by atoms with E-state index in [1.165, 1.54) is 20.3 Å². The summed E-state index contributed by atoms with van der Waals surface area (Å²) in [6.07, 6.45) is 2.95. The lowest BCUT2D eigenvalue weighted by Gasteiger charge is -2.20. The fraction of sp³-hybridized carbons (Fsp3) is 0.100. The highest BCUT2D eigenvalue weighted by Crippen LogP contribution is 2.44. The van der Waals surface area contributed by atoms with E-state index in [1.807, 2.05) is 22.6 Å². The maximum Gasteiger partial charge on any atom is 0.200 e. The van der Waals surface area contributed by atoms with Crippen LogP contribution in [0.2, 0.25) is 0 Å². The van der Waals surface area contributed by atoms with Gasteiger partial charge < -0.3 is 14.6 Å². The van der Waals surface area contributed by atoms with Crippen molar-refractivity contribution in [2.45, 2.75) is 0 Å². The molecule has 0 atom stereocenters. The Morgan fingerprint density at radius 2 is 1.69 bits per heavy atom. The summed E-state index contributed by atoms with van der Waals surface area (Å²) in [7, 11) is 2.85. The topological polar surface area (TPSA) is 72.8 Å². The third-order valence-corrected chi connectivity index (χ3v) is 4.99. The number of carbonyl (C=O) groups is 2. The number of fused-ring (bicyclic) bond motifs is 1. The Hall–Kier alpha value is -2.61. The normalized spacial score (nSPS) is 13.1. The van der Waals surface area contributed by atoms with Crippen LogP contribution in [0.1, 0.15) is 26.3 Å². The van der Waals surface area contributed by atoms with Crippen molar-refractivity contribution in [2.75, 3.05) is 14.2 Å². The van der Waals surface area contributed by atoms with Crippen LogP contribution in [0.4, 0.5) is 0 Å². The van der Waals surface area contributed by atoms with Gasteiger partial charge in [0.1, 0.15) is 0 Å². The molecule has 0 radical (unpaired) electrons. The van der Waals surface area contributed by atoms with Gasteiger partial charge in [0.05, 0.1) is 17.8 Å². The molecule has 0 unspecified atom stereocenters. The molecule has 0 saturated heterocycles. The van der Waals surface area contributed by atoms with Crippen LogP contribution in [0.5, 0.6) is 17.2 Å². The summed E-state index contributed by atoms with van der Waals surface area (Å²) in [6.45, 7) is 3.81. The standard InChI is InChI=1S/C20H15IO5/c1-4-10-5-6-12-14(22)9-13(21)19(23)18(12)17(10)11-7-15(25-2)20(24)16(8-11)26-3/h4-9,24H,1H2,2-3H3. The Labute approximate surface area is 164 Å². The van der Waals surface area contributed by atoms with Gasteiger partial charge in [-0.3, -0.25) is 9.59 Å². The van der Waals surface area contributed by atoms with E-state index in [-0.39, 0.29) is 28.8 Å². The lowest BCUT2D eigenvalue weighted by molar-refractivity contribution is 0.0993. The number of ether oxygens (including phenoxy) is 2. The quantitative estimate of drug-likeness (QED) is 0.682.